The Morgan fingerprint density at radius 3 is 2.31 bits per heavy atom. The number of halogens is 2. The minimum Gasteiger partial charge on any atom is -0.391 e. The van der Waals surface area contributed by atoms with Crippen LogP contribution in [0.3, 0.4) is 0 Å². The smallest absolute Gasteiger partial charge is 0.197 e. The standard InChI is InChI=1S/C21H19F2N5O/c22-17-6-12(7-18(19(17)23)28-5-2-14(29)11-28)15-8-16(15)13-9-26-21(27-10-13)20-24-3-1-4-25-20/h1,3-4,6-7,9-10,14-16,29H,2,5,8,11H2/t14-,15?,16?/m1/s1. The van der Waals surface area contributed by atoms with Gasteiger partial charge in [0.25, 0.3) is 0 Å². The van der Waals surface area contributed by atoms with Crippen molar-refractivity contribution in [3.05, 3.63) is 65.7 Å². The van der Waals surface area contributed by atoms with Gasteiger partial charge in [0, 0.05) is 37.9 Å². The van der Waals surface area contributed by atoms with Gasteiger partial charge in [0.1, 0.15) is 0 Å². The fraction of sp³-hybridized carbons (Fsp3) is 0.333. The highest BCUT2D eigenvalue weighted by molar-refractivity contribution is 5.54. The van der Waals surface area contributed by atoms with Gasteiger partial charge in [-0.2, -0.15) is 0 Å². The molecule has 0 radical (unpaired) electrons. The van der Waals surface area contributed by atoms with Gasteiger partial charge in [0.05, 0.1) is 11.8 Å². The second kappa shape index (κ2) is 7.11. The molecule has 3 heterocycles. The summed E-state index contributed by atoms with van der Waals surface area (Å²) in [5, 5.41) is 9.73. The Labute approximate surface area is 166 Å². The molecular weight excluding hydrogens is 376 g/mol. The summed E-state index contributed by atoms with van der Waals surface area (Å²) in [6.45, 7) is 0.844. The third-order valence-corrected chi connectivity index (χ3v) is 5.62. The van der Waals surface area contributed by atoms with Crippen molar-refractivity contribution in [1.82, 2.24) is 19.9 Å². The molecule has 2 fully saturated rings. The third-order valence-electron chi connectivity index (χ3n) is 5.62. The molecule has 1 saturated carbocycles. The Kier molecular flexibility index (Phi) is 4.43. The summed E-state index contributed by atoms with van der Waals surface area (Å²) in [6.07, 6.45) is 7.66. The van der Waals surface area contributed by atoms with E-state index in [2.05, 4.69) is 19.9 Å². The topological polar surface area (TPSA) is 75.0 Å². The molecule has 29 heavy (non-hydrogen) atoms. The van der Waals surface area contributed by atoms with Gasteiger partial charge < -0.3 is 10.0 Å². The molecule has 1 aliphatic carbocycles. The van der Waals surface area contributed by atoms with Gasteiger partial charge >= 0.3 is 0 Å². The Morgan fingerprint density at radius 2 is 1.62 bits per heavy atom. The Hall–Kier alpha value is -3.00. The van der Waals surface area contributed by atoms with Gasteiger partial charge in [-0.05, 0) is 54.0 Å². The predicted octanol–water partition coefficient (Wildman–Crippen LogP) is 3.05. The van der Waals surface area contributed by atoms with E-state index in [1.54, 1.807) is 41.8 Å². The molecule has 2 aromatic heterocycles. The number of rotatable bonds is 4. The van der Waals surface area contributed by atoms with Crippen LogP contribution in [0.4, 0.5) is 14.5 Å². The predicted molar refractivity (Wildman–Crippen MR) is 102 cm³/mol. The van der Waals surface area contributed by atoms with Crippen molar-refractivity contribution in [3.63, 3.8) is 0 Å². The number of hydrogen-bond acceptors (Lipinski definition) is 6. The molecule has 5 rings (SSSR count). The van der Waals surface area contributed by atoms with E-state index in [4.69, 9.17) is 0 Å². The van der Waals surface area contributed by atoms with Gasteiger partial charge in [0.15, 0.2) is 23.3 Å². The van der Waals surface area contributed by atoms with E-state index in [1.165, 1.54) is 6.07 Å². The van der Waals surface area contributed by atoms with Crippen LogP contribution in [0.15, 0.2) is 43.0 Å². The highest BCUT2D eigenvalue weighted by Gasteiger charge is 2.41. The second-order valence-corrected chi connectivity index (χ2v) is 7.59. The van der Waals surface area contributed by atoms with Crippen LogP contribution in [0, 0.1) is 11.6 Å². The van der Waals surface area contributed by atoms with Crippen LogP contribution in [0.25, 0.3) is 11.6 Å². The zero-order valence-electron chi connectivity index (χ0n) is 15.5. The van der Waals surface area contributed by atoms with E-state index in [-0.39, 0.29) is 17.5 Å². The van der Waals surface area contributed by atoms with Gasteiger partial charge in [-0.25, -0.2) is 28.7 Å². The average molecular weight is 395 g/mol. The summed E-state index contributed by atoms with van der Waals surface area (Å²) >= 11 is 0. The van der Waals surface area contributed by atoms with Crippen LogP contribution in [0.2, 0.25) is 0 Å². The van der Waals surface area contributed by atoms with Gasteiger partial charge in [0.2, 0.25) is 0 Å². The van der Waals surface area contributed by atoms with E-state index >= 15 is 0 Å². The average Bonchev–Trinajstić information content (AvgIpc) is 3.44. The van der Waals surface area contributed by atoms with Crippen molar-refractivity contribution in [3.8, 4) is 11.6 Å². The van der Waals surface area contributed by atoms with Gasteiger partial charge in [-0.3, -0.25) is 0 Å². The number of anilines is 1. The van der Waals surface area contributed by atoms with E-state index < -0.39 is 17.7 Å². The minimum absolute atomic E-state index is 0.0961. The fourth-order valence-electron chi connectivity index (χ4n) is 3.99. The molecule has 1 N–H and O–H groups in total. The van der Waals surface area contributed by atoms with Crippen LogP contribution in [0.1, 0.15) is 35.8 Å². The first-order valence-electron chi connectivity index (χ1n) is 9.61. The maximum absolute atomic E-state index is 14.3. The van der Waals surface area contributed by atoms with E-state index in [9.17, 15) is 13.9 Å². The lowest BCUT2D eigenvalue weighted by molar-refractivity contribution is 0.198. The number of aromatic nitrogens is 4. The summed E-state index contributed by atoms with van der Waals surface area (Å²) in [5.74, 6) is -0.520. The lowest BCUT2D eigenvalue weighted by Gasteiger charge is -2.20. The lowest BCUT2D eigenvalue weighted by atomic mass is 10.0. The molecule has 8 heteroatoms. The fourth-order valence-corrected chi connectivity index (χ4v) is 3.99. The summed E-state index contributed by atoms with van der Waals surface area (Å²) in [4.78, 5) is 18.7. The van der Waals surface area contributed by atoms with Crippen LogP contribution in [-0.4, -0.2) is 44.2 Å². The normalized spacial score (nSPS) is 23.4. The van der Waals surface area contributed by atoms with Crippen LogP contribution in [0.5, 0.6) is 0 Å². The first-order valence-corrected chi connectivity index (χ1v) is 9.61. The number of β-amino-alcohol motifs (C(OH)–C–C–N with tert-alkyl or cyclic N) is 1. The van der Waals surface area contributed by atoms with E-state index in [0.29, 0.717) is 31.2 Å². The minimum atomic E-state index is -0.851. The SMILES string of the molecule is O[C@@H]1CCN(c2cc(C3CC3c3cnc(-c4ncccn4)nc3)cc(F)c2F)C1. The summed E-state index contributed by atoms with van der Waals surface area (Å²) < 4.78 is 28.6. The molecule has 1 aromatic carbocycles. The molecule has 1 aliphatic heterocycles. The third kappa shape index (κ3) is 3.44. The Bertz CT molecular complexity index is 1030. The van der Waals surface area contributed by atoms with Crippen LogP contribution in [-0.2, 0) is 0 Å². The van der Waals surface area contributed by atoms with Gasteiger partial charge in [-0.1, -0.05) is 0 Å². The Morgan fingerprint density at radius 1 is 0.931 bits per heavy atom. The molecule has 1 saturated heterocycles. The van der Waals surface area contributed by atoms with Crippen molar-refractivity contribution >= 4 is 5.69 Å². The van der Waals surface area contributed by atoms with Crippen LogP contribution < -0.4 is 4.90 Å². The van der Waals surface area contributed by atoms with Gasteiger partial charge in [-0.15, -0.1) is 0 Å². The molecule has 2 unspecified atom stereocenters. The van der Waals surface area contributed by atoms with E-state index in [1.807, 2.05) is 0 Å². The maximum atomic E-state index is 14.3. The maximum Gasteiger partial charge on any atom is 0.197 e. The molecule has 2 aliphatic rings. The zero-order chi connectivity index (χ0) is 20.0. The quantitative estimate of drug-likeness (QED) is 0.732. The van der Waals surface area contributed by atoms with Crippen LogP contribution >= 0.6 is 0 Å². The molecule has 0 amide bonds. The second-order valence-electron chi connectivity index (χ2n) is 7.59. The summed E-state index contributed by atoms with van der Waals surface area (Å²) in [7, 11) is 0. The highest BCUT2D eigenvalue weighted by atomic mass is 19.2. The van der Waals surface area contributed by atoms with Crippen molar-refractivity contribution in [2.75, 3.05) is 18.0 Å². The molecular formula is C21H19F2N5O. The summed E-state index contributed by atoms with van der Waals surface area (Å²) in [5.41, 5.74) is 1.95. The lowest BCUT2D eigenvalue weighted by Crippen LogP contribution is -2.22. The van der Waals surface area contributed by atoms with Crippen molar-refractivity contribution < 1.29 is 13.9 Å². The molecule has 148 valence electrons. The first kappa shape index (κ1) is 18.1. The Balaban J connectivity index is 1.36. The molecule has 3 atom stereocenters. The molecule has 0 bridgehead atoms. The molecule has 6 nitrogen and oxygen atoms in total. The number of aliphatic hydroxyl groups is 1. The number of benzene rings is 1. The van der Waals surface area contributed by atoms with Crippen molar-refractivity contribution in [2.45, 2.75) is 30.8 Å². The summed E-state index contributed by atoms with van der Waals surface area (Å²) in [6, 6.07) is 4.72. The van der Waals surface area contributed by atoms with E-state index in [0.717, 1.165) is 17.5 Å². The first-order chi connectivity index (χ1) is 14.1. The number of hydrogen-bond donors (Lipinski definition) is 1. The highest BCUT2D eigenvalue weighted by Crippen LogP contribution is 2.55. The molecule has 3 aromatic rings. The van der Waals surface area contributed by atoms with Crippen molar-refractivity contribution in [1.29, 1.82) is 0 Å². The largest absolute Gasteiger partial charge is 0.391 e. The molecule has 0 spiro atoms. The monoisotopic (exact) mass is 395 g/mol. The van der Waals surface area contributed by atoms with Crippen molar-refractivity contribution in [2.24, 2.45) is 0 Å². The zero-order valence-corrected chi connectivity index (χ0v) is 15.5. The number of aliphatic hydroxyl groups excluding tert-OH is 1. The number of nitrogens with zero attached hydrogens (tertiary/aromatic N) is 5.